The maximum atomic E-state index is 14.0. The number of aryl methyl sites for hydroxylation is 1. The fourth-order valence-electron chi connectivity index (χ4n) is 3.02. The number of benzene rings is 3. The molecule has 36 heavy (non-hydrogen) atoms. The molecule has 0 spiro atoms. The van der Waals surface area contributed by atoms with Gasteiger partial charge in [-0.25, -0.2) is 8.78 Å². The fraction of sp³-hybridized carbons (Fsp3) is 0.208. The largest absolute Gasteiger partial charge is 0.488 e. The van der Waals surface area contributed by atoms with E-state index in [0.29, 0.717) is 6.07 Å². The van der Waals surface area contributed by atoms with Crippen molar-refractivity contribution in [2.45, 2.75) is 19.2 Å². The molecule has 3 aromatic rings. The number of rotatable bonds is 8. The van der Waals surface area contributed by atoms with E-state index >= 15 is 0 Å². The average Bonchev–Trinajstić information content (AvgIpc) is 2.80. The summed E-state index contributed by atoms with van der Waals surface area (Å²) >= 11 is 5.81. The second kappa shape index (κ2) is 11.1. The summed E-state index contributed by atoms with van der Waals surface area (Å²) in [6.07, 6.45) is -5.90. The zero-order valence-electron chi connectivity index (χ0n) is 18.6. The van der Waals surface area contributed by atoms with Gasteiger partial charge in [-0.15, -0.1) is 0 Å². The highest BCUT2D eigenvalue weighted by atomic mass is 35.5. The van der Waals surface area contributed by atoms with Crippen molar-refractivity contribution < 1.29 is 41.3 Å². The van der Waals surface area contributed by atoms with Gasteiger partial charge in [0.25, 0.3) is 5.91 Å². The number of ether oxygens (including phenoxy) is 2. The second-order valence-electron chi connectivity index (χ2n) is 7.64. The van der Waals surface area contributed by atoms with Crippen LogP contribution in [0.3, 0.4) is 0 Å². The molecule has 0 bridgehead atoms. The van der Waals surface area contributed by atoms with E-state index in [4.69, 9.17) is 26.8 Å². The maximum absolute atomic E-state index is 14.0. The van der Waals surface area contributed by atoms with Crippen molar-refractivity contribution >= 4 is 23.2 Å². The predicted octanol–water partition coefficient (Wildman–Crippen LogP) is 5.69. The lowest BCUT2D eigenvalue weighted by Gasteiger charge is -2.17. The number of carbonyl (C=O) groups excluding carboxylic acids is 1. The highest BCUT2D eigenvalue weighted by Crippen LogP contribution is 2.40. The first-order valence-corrected chi connectivity index (χ1v) is 10.7. The van der Waals surface area contributed by atoms with Crippen LogP contribution in [0.25, 0.3) is 0 Å². The van der Waals surface area contributed by atoms with E-state index in [0.717, 1.165) is 30.3 Å². The van der Waals surface area contributed by atoms with Gasteiger partial charge in [-0.2, -0.15) is 13.2 Å². The minimum Gasteiger partial charge on any atom is -0.488 e. The first-order valence-electron chi connectivity index (χ1n) is 10.4. The molecule has 0 fully saturated rings. The van der Waals surface area contributed by atoms with Gasteiger partial charge < -0.3 is 25.6 Å². The monoisotopic (exact) mass is 530 g/mol. The molecule has 6 nitrogen and oxygen atoms in total. The Bertz CT molecular complexity index is 1270. The number of aliphatic hydroxyl groups is 1. The Balaban J connectivity index is 1.96. The lowest BCUT2D eigenvalue weighted by Crippen LogP contribution is -2.26. The third kappa shape index (κ3) is 6.62. The molecule has 0 radical (unpaired) electrons. The fourth-order valence-corrected chi connectivity index (χ4v) is 3.29. The highest BCUT2D eigenvalue weighted by molar-refractivity contribution is 6.32. The number of amides is 1. The summed E-state index contributed by atoms with van der Waals surface area (Å²) in [5.41, 5.74) is 3.96. The van der Waals surface area contributed by atoms with Crippen LogP contribution in [-0.2, 0) is 6.18 Å². The molecule has 3 aromatic carbocycles. The zero-order chi connectivity index (χ0) is 26.6. The molecule has 192 valence electrons. The molecule has 4 N–H and O–H groups in total. The van der Waals surface area contributed by atoms with Crippen molar-refractivity contribution in [1.82, 2.24) is 0 Å². The van der Waals surface area contributed by atoms with Crippen LogP contribution in [0.4, 0.5) is 27.6 Å². The molecule has 0 aliphatic carbocycles. The normalized spacial score (nSPS) is 12.2. The molecule has 1 amide bonds. The van der Waals surface area contributed by atoms with Crippen LogP contribution in [0.5, 0.6) is 17.2 Å². The summed E-state index contributed by atoms with van der Waals surface area (Å²) in [6.45, 7) is 1.04. The van der Waals surface area contributed by atoms with Crippen LogP contribution in [0, 0.1) is 18.6 Å². The summed E-state index contributed by atoms with van der Waals surface area (Å²) in [5, 5.41) is 11.2. The summed E-state index contributed by atoms with van der Waals surface area (Å²) in [5.74, 6) is -3.09. The van der Waals surface area contributed by atoms with Gasteiger partial charge in [0.1, 0.15) is 30.0 Å². The van der Waals surface area contributed by atoms with E-state index in [1.165, 1.54) is 19.1 Å². The van der Waals surface area contributed by atoms with E-state index in [-0.39, 0.29) is 41.5 Å². The minimum absolute atomic E-state index is 0.0110. The first-order chi connectivity index (χ1) is 16.9. The number of halogens is 6. The Morgan fingerprint density at radius 2 is 1.81 bits per heavy atom. The molecule has 0 aliphatic heterocycles. The molecule has 0 aliphatic rings. The van der Waals surface area contributed by atoms with Gasteiger partial charge in [-0.1, -0.05) is 11.6 Å². The van der Waals surface area contributed by atoms with Crippen LogP contribution in [0.2, 0.25) is 5.02 Å². The van der Waals surface area contributed by atoms with Crippen molar-refractivity contribution in [3.8, 4) is 17.2 Å². The van der Waals surface area contributed by atoms with Crippen LogP contribution >= 0.6 is 11.6 Å². The Kier molecular flexibility index (Phi) is 8.39. The third-order valence-electron chi connectivity index (χ3n) is 4.87. The lowest BCUT2D eigenvalue weighted by atomic mass is 10.1. The van der Waals surface area contributed by atoms with Gasteiger partial charge >= 0.3 is 6.18 Å². The number of hydrogen-bond donors (Lipinski definition) is 3. The molecule has 0 aromatic heterocycles. The van der Waals surface area contributed by atoms with Crippen molar-refractivity contribution in [3.63, 3.8) is 0 Å². The molecule has 0 saturated carbocycles. The molecule has 1 atom stereocenters. The number of nitrogens with one attached hydrogen (secondary N) is 1. The van der Waals surface area contributed by atoms with Crippen LogP contribution in [0.1, 0.15) is 21.5 Å². The van der Waals surface area contributed by atoms with Crippen LogP contribution < -0.4 is 20.5 Å². The second-order valence-corrected chi connectivity index (χ2v) is 8.04. The van der Waals surface area contributed by atoms with Crippen LogP contribution in [0.15, 0.2) is 48.5 Å². The topological polar surface area (TPSA) is 93.8 Å². The van der Waals surface area contributed by atoms with Gasteiger partial charge in [-0.05, 0) is 55.0 Å². The van der Waals surface area contributed by atoms with Crippen molar-refractivity contribution in [2.75, 3.05) is 18.5 Å². The van der Waals surface area contributed by atoms with E-state index < -0.39 is 46.2 Å². The average molecular weight is 531 g/mol. The standard InChI is InChI=1S/C24H20ClF5N2O4/c1-12-6-13(26)2-5-20(12)36-21-9-17(24(28,29)30)18(25)8-16(21)23(34)32-14-3-4-19(27)22(7-14)35-11-15(33)10-31/h2-9,15,33H,10-11,31H2,1H3,(H,32,34)/t15-/m1/s1. The summed E-state index contributed by atoms with van der Waals surface area (Å²) < 4.78 is 78.6. The SMILES string of the molecule is Cc1cc(F)ccc1Oc1cc(C(F)(F)F)c(Cl)cc1C(=O)Nc1ccc(F)c(OC[C@H](O)CN)c1. The number of aliphatic hydroxyl groups excluding tert-OH is 1. The highest BCUT2D eigenvalue weighted by Gasteiger charge is 2.35. The Morgan fingerprint density at radius 1 is 1.08 bits per heavy atom. The zero-order valence-corrected chi connectivity index (χ0v) is 19.4. The molecular formula is C24H20ClF5N2O4. The van der Waals surface area contributed by atoms with Gasteiger partial charge in [0.15, 0.2) is 11.6 Å². The first kappa shape index (κ1) is 27.2. The Labute approximate surface area is 207 Å². The summed E-state index contributed by atoms with van der Waals surface area (Å²) in [6, 6.07) is 8.00. The van der Waals surface area contributed by atoms with E-state index in [1.807, 2.05) is 0 Å². The van der Waals surface area contributed by atoms with Crippen molar-refractivity contribution in [3.05, 3.63) is 81.9 Å². The van der Waals surface area contributed by atoms with Gasteiger partial charge in [0.2, 0.25) is 0 Å². The number of alkyl halides is 3. The van der Waals surface area contributed by atoms with Gasteiger partial charge in [-0.3, -0.25) is 4.79 Å². The van der Waals surface area contributed by atoms with E-state index in [2.05, 4.69) is 5.32 Å². The van der Waals surface area contributed by atoms with Crippen molar-refractivity contribution in [1.29, 1.82) is 0 Å². The quantitative estimate of drug-likeness (QED) is 0.325. The Hall–Kier alpha value is -3.41. The van der Waals surface area contributed by atoms with E-state index in [9.17, 15) is 31.9 Å². The molecule has 0 unspecified atom stereocenters. The van der Waals surface area contributed by atoms with Crippen molar-refractivity contribution in [2.24, 2.45) is 5.73 Å². The number of nitrogens with two attached hydrogens (primary N) is 1. The number of hydrogen-bond acceptors (Lipinski definition) is 5. The predicted molar refractivity (Wildman–Crippen MR) is 123 cm³/mol. The molecule has 12 heteroatoms. The molecule has 3 rings (SSSR count). The van der Waals surface area contributed by atoms with Gasteiger partial charge in [0.05, 0.1) is 16.1 Å². The molecule has 0 saturated heterocycles. The number of carbonyl (C=O) groups is 1. The molecular weight excluding hydrogens is 511 g/mol. The van der Waals surface area contributed by atoms with E-state index in [1.54, 1.807) is 0 Å². The number of anilines is 1. The molecule has 0 heterocycles. The maximum Gasteiger partial charge on any atom is 0.417 e. The minimum atomic E-state index is -4.85. The Morgan fingerprint density at radius 3 is 2.44 bits per heavy atom. The van der Waals surface area contributed by atoms with Gasteiger partial charge in [0, 0.05) is 18.3 Å². The smallest absolute Gasteiger partial charge is 0.417 e. The summed E-state index contributed by atoms with van der Waals surface area (Å²) in [7, 11) is 0. The van der Waals surface area contributed by atoms with Crippen LogP contribution in [-0.4, -0.2) is 30.3 Å². The third-order valence-corrected chi connectivity index (χ3v) is 5.18. The summed E-state index contributed by atoms with van der Waals surface area (Å²) in [4.78, 5) is 13.0. The lowest BCUT2D eigenvalue weighted by molar-refractivity contribution is -0.137.